The Labute approximate surface area is 114 Å². The van der Waals surface area contributed by atoms with Crippen LogP contribution in [0.5, 0.6) is 11.5 Å². The van der Waals surface area contributed by atoms with E-state index in [9.17, 15) is 5.11 Å². The molecule has 4 nitrogen and oxygen atoms in total. The maximum absolute atomic E-state index is 9.77. The van der Waals surface area contributed by atoms with Gasteiger partial charge in [-0.1, -0.05) is 6.07 Å². The van der Waals surface area contributed by atoms with Crippen molar-refractivity contribution >= 4 is 0 Å². The van der Waals surface area contributed by atoms with Crippen molar-refractivity contribution in [1.82, 2.24) is 4.90 Å². The maximum atomic E-state index is 9.77. The molecule has 1 N–H and O–H groups in total. The highest BCUT2D eigenvalue weighted by Gasteiger charge is 2.16. The topological polar surface area (TPSA) is 41.9 Å². The van der Waals surface area contributed by atoms with E-state index in [2.05, 4.69) is 11.0 Å². The van der Waals surface area contributed by atoms with Gasteiger partial charge in [0.15, 0.2) is 11.5 Å². The second kappa shape index (κ2) is 5.80. The van der Waals surface area contributed by atoms with Gasteiger partial charge in [0.2, 0.25) is 0 Å². The first-order valence-electron chi connectivity index (χ1n) is 6.73. The van der Waals surface area contributed by atoms with E-state index < -0.39 is 5.60 Å². The van der Waals surface area contributed by atoms with Gasteiger partial charge in [-0.05, 0) is 45.0 Å². The first-order chi connectivity index (χ1) is 8.94. The summed E-state index contributed by atoms with van der Waals surface area (Å²) in [6.07, 6.45) is 0.934. The lowest BCUT2D eigenvalue weighted by Crippen LogP contribution is -2.37. The van der Waals surface area contributed by atoms with Crippen molar-refractivity contribution in [2.24, 2.45) is 0 Å². The average Bonchev–Trinajstić information content (AvgIpc) is 2.34. The summed E-state index contributed by atoms with van der Waals surface area (Å²) in [6.45, 7) is 6.47. The number of fused-ring (bicyclic) bond motifs is 1. The van der Waals surface area contributed by atoms with E-state index in [1.54, 1.807) is 0 Å². The minimum atomic E-state index is -0.651. The number of aliphatic hydroxyl groups is 1. The second-order valence-electron chi connectivity index (χ2n) is 5.78. The molecule has 0 radical (unpaired) electrons. The molecule has 0 aliphatic carbocycles. The van der Waals surface area contributed by atoms with Crippen molar-refractivity contribution in [2.75, 3.05) is 33.4 Å². The zero-order valence-electron chi connectivity index (χ0n) is 12.0. The van der Waals surface area contributed by atoms with Crippen molar-refractivity contribution in [3.63, 3.8) is 0 Å². The number of hydrogen-bond donors (Lipinski definition) is 1. The molecule has 0 amide bonds. The Morgan fingerprint density at radius 3 is 2.58 bits per heavy atom. The largest absolute Gasteiger partial charge is 0.486 e. The quantitative estimate of drug-likeness (QED) is 0.880. The van der Waals surface area contributed by atoms with Gasteiger partial charge in [0.25, 0.3) is 0 Å². The van der Waals surface area contributed by atoms with Crippen LogP contribution in [0.4, 0.5) is 0 Å². The number of ether oxygens (including phenoxy) is 2. The Bertz CT molecular complexity index is 426. The molecule has 1 aromatic rings. The van der Waals surface area contributed by atoms with Crippen LogP contribution in [0.1, 0.15) is 19.4 Å². The molecule has 1 heterocycles. The molecular formula is C15H23NO3. The van der Waals surface area contributed by atoms with Crippen molar-refractivity contribution in [1.29, 1.82) is 0 Å². The van der Waals surface area contributed by atoms with Gasteiger partial charge in [-0.2, -0.15) is 0 Å². The molecule has 0 saturated heterocycles. The Hall–Kier alpha value is -1.26. The summed E-state index contributed by atoms with van der Waals surface area (Å²) >= 11 is 0. The molecule has 1 aliphatic rings. The Morgan fingerprint density at radius 2 is 1.89 bits per heavy atom. The number of hydrogen-bond acceptors (Lipinski definition) is 4. The monoisotopic (exact) mass is 265 g/mol. The number of nitrogens with zero attached hydrogens (tertiary/aromatic N) is 1. The van der Waals surface area contributed by atoms with Crippen LogP contribution in [-0.2, 0) is 6.42 Å². The van der Waals surface area contributed by atoms with Gasteiger partial charge in [0, 0.05) is 13.1 Å². The molecule has 0 fully saturated rings. The van der Waals surface area contributed by atoms with Gasteiger partial charge in [-0.25, -0.2) is 0 Å². The summed E-state index contributed by atoms with van der Waals surface area (Å²) in [5.41, 5.74) is 0.577. The van der Waals surface area contributed by atoms with Crippen LogP contribution < -0.4 is 9.47 Å². The number of likely N-dealkylation sites (N-methyl/N-ethyl adjacent to an activating group) is 1. The summed E-state index contributed by atoms with van der Waals surface area (Å²) < 4.78 is 11.1. The SMILES string of the molecule is CN(CCc1ccc2c(c1)OCCO2)CC(C)(C)O. The molecule has 19 heavy (non-hydrogen) atoms. The van der Waals surface area contributed by atoms with E-state index in [4.69, 9.17) is 9.47 Å². The van der Waals surface area contributed by atoms with Crippen molar-refractivity contribution < 1.29 is 14.6 Å². The summed E-state index contributed by atoms with van der Waals surface area (Å²) in [6, 6.07) is 6.09. The van der Waals surface area contributed by atoms with Gasteiger partial charge in [0.05, 0.1) is 5.60 Å². The fourth-order valence-corrected chi connectivity index (χ4v) is 2.30. The summed E-state index contributed by atoms with van der Waals surface area (Å²) in [4.78, 5) is 2.14. The standard InChI is InChI=1S/C15H23NO3/c1-15(2,17)11-16(3)7-6-12-4-5-13-14(10-12)19-9-8-18-13/h4-5,10,17H,6-9,11H2,1-3H3. The lowest BCUT2D eigenvalue weighted by atomic mass is 10.1. The van der Waals surface area contributed by atoms with E-state index in [0.717, 1.165) is 24.5 Å². The Balaban J connectivity index is 1.89. The molecule has 0 spiro atoms. The normalized spacial score (nSPS) is 14.8. The van der Waals surface area contributed by atoms with Crippen molar-refractivity contribution in [2.45, 2.75) is 25.9 Å². The first kappa shape index (κ1) is 14.2. The zero-order chi connectivity index (χ0) is 13.9. The lowest BCUT2D eigenvalue weighted by molar-refractivity contribution is 0.0449. The molecule has 106 valence electrons. The first-order valence-corrected chi connectivity index (χ1v) is 6.73. The van der Waals surface area contributed by atoms with Gasteiger partial charge in [0.1, 0.15) is 13.2 Å². The van der Waals surface area contributed by atoms with E-state index >= 15 is 0 Å². The molecular weight excluding hydrogens is 242 g/mol. The molecule has 0 atom stereocenters. The third-order valence-electron chi connectivity index (χ3n) is 3.05. The van der Waals surface area contributed by atoms with E-state index in [-0.39, 0.29) is 0 Å². The molecule has 1 aliphatic heterocycles. The van der Waals surface area contributed by atoms with E-state index in [1.165, 1.54) is 5.56 Å². The molecule has 0 saturated carbocycles. The van der Waals surface area contributed by atoms with Crippen LogP contribution in [-0.4, -0.2) is 49.0 Å². The number of rotatable bonds is 5. The van der Waals surface area contributed by atoms with Crippen LogP contribution in [0.15, 0.2) is 18.2 Å². The fourth-order valence-electron chi connectivity index (χ4n) is 2.30. The highest BCUT2D eigenvalue weighted by Crippen LogP contribution is 2.30. The minimum absolute atomic E-state index is 0.620. The molecule has 0 bridgehead atoms. The van der Waals surface area contributed by atoms with Crippen LogP contribution in [0.2, 0.25) is 0 Å². The summed E-state index contributed by atoms with van der Waals surface area (Å²) in [5.74, 6) is 1.67. The van der Waals surface area contributed by atoms with Crippen LogP contribution in [0.25, 0.3) is 0 Å². The highest BCUT2D eigenvalue weighted by molar-refractivity contribution is 5.43. The average molecular weight is 265 g/mol. The minimum Gasteiger partial charge on any atom is -0.486 e. The van der Waals surface area contributed by atoms with E-state index in [0.29, 0.717) is 19.8 Å². The molecule has 1 aromatic carbocycles. The number of benzene rings is 1. The summed E-state index contributed by atoms with van der Waals surface area (Å²) in [5, 5.41) is 9.77. The maximum Gasteiger partial charge on any atom is 0.161 e. The third-order valence-corrected chi connectivity index (χ3v) is 3.05. The molecule has 0 unspecified atom stereocenters. The molecule has 0 aromatic heterocycles. The smallest absolute Gasteiger partial charge is 0.161 e. The lowest BCUT2D eigenvalue weighted by Gasteiger charge is -2.25. The van der Waals surface area contributed by atoms with Gasteiger partial charge < -0.3 is 19.5 Å². The highest BCUT2D eigenvalue weighted by atomic mass is 16.6. The van der Waals surface area contributed by atoms with Crippen molar-refractivity contribution in [3.8, 4) is 11.5 Å². The van der Waals surface area contributed by atoms with Crippen LogP contribution in [0.3, 0.4) is 0 Å². The molecule has 2 rings (SSSR count). The van der Waals surface area contributed by atoms with Crippen LogP contribution in [0, 0.1) is 0 Å². The predicted octanol–water partition coefficient (Wildman–Crippen LogP) is 1.70. The Morgan fingerprint density at radius 1 is 1.21 bits per heavy atom. The predicted molar refractivity (Wildman–Crippen MR) is 74.9 cm³/mol. The fraction of sp³-hybridized carbons (Fsp3) is 0.600. The summed E-state index contributed by atoms with van der Waals surface area (Å²) in [7, 11) is 2.02. The van der Waals surface area contributed by atoms with Gasteiger partial charge >= 0.3 is 0 Å². The van der Waals surface area contributed by atoms with Crippen LogP contribution >= 0.6 is 0 Å². The zero-order valence-corrected chi connectivity index (χ0v) is 12.0. The molecule has 4 heteroatoms. The third kappa shape index (κ3) is 4.40. The van der Waals surface area contributed by atoms with Gasteiger partial charge in [-0.3, -0.25) is 0 Å². The second-order valence-corrected chi connectivity index (χ2v) is 5.78. The Kier molecular flexibility index (Phi) is 4.32. The van der Waals surface area contributed by atoms with Crippen molar-refractivity contribution in [3.05, 3.63) is 23.8 Å². The van der Waals surface area contributed by atoms with E-state index in [1.807, 2.05) is 33.0 Å². The van der Waals surface area contributed by atoms with Gasteiger partial charge in [-0.15, -0.1) is 0 Å².